The van der Waals surface area contributed by atoms with E-state index in [4.69, 9.17) is 0 Å². The third-order valence-electron chi connectivity index (χ3n) is 4.95. The predicted octanol–water partition coefficient (Wildman–Crippen LogP) is 4.05. The molecule has 3 rings (SSSR count). The van der Waals surface area contributed by atoms with Gasteiger partial charge in [-0.2, -0.15) is 0 Å². The zero-order valence-electron chi connectivity index (χ0n) is 16.2. The van der Waals surface area contributed by atoms with E-state index in [2.05, 4.69) is 10.8 Å². The second-order valence-corrected chi connectivity index (χ2v) is 9.58. The van der Waals surface area contributed by atoms with Gasteiger partial charge in [0.05, 0.1) is 15.1 Å². The highest BCUT2D eigenvalue weighted by molar-refractivity contribution is 7.89. The van der Waals surface area contributed by atoms with Crippen LogP contribution >= 0.6 is 11.3 Å². The van der Waals surface area contributed by atoms with Crippen LogP contribution in [0, 0.1) is 20.8 Å². The summed E-state index contributed by atoms with van der Waals surface area (Å²) < 4.78 is 30.9. The Bertz CT molecular complexity index is 1170. The molecule has 0 aliphatic rings. The Balaban J connectivity index is 1.96. The SMILES string of the molecule is CCn1c(=O)sc2cc(S(=O)(=O)NC(C)c3cc(C)c(C)cc3C)ccc21. The maximum absolute atomic E-state index is 12.9. The van der Waals surface area contributed by atoms with E-state index in [1.807, 2.05) is 40.7 Å². The van der Waals surface area contributed by atoms with Crippen molar-refractivity contribution in [3.63, 3.8) is 0 Å². The Morgan fingerprint density at radius 3 is 2.41 bits per heavy atom. The van der Waals surface area contributed by atoms with Gasteiger partial charge in [0.15, 0.2) is 0 Å². The van der Waals surface area contributed by atoms with Crippen LogP contribution in [0.15, 0.2) is 40.0 Å². The molecule has 1 unspecified atom stereocenters. The first-order valence-corrected chi connectivity index (χ1v) is 11.2. The number of nitrogens with one attached hydrogen (secondary N) is 1. The summed E-state index contributed by atoms with van der Waals surface area (Å²) in [5.74, 6) is 0. The number of hydrogen-bond donors (Lipinski definition) is 1. The molecule has 144 valence electrons. The Kier molecular flexibility index (Phi) is 5.29. The summed E-state index contributed by atoms with van der Waals surface area (Å²) in [6, 6.07) is 8.60. The quantitative estimate of drug-likeness (QED) is 0.698. The predicted molar refractivity (Wildman–Crippen MR) is 111 cm³/mol. The number of hydrogen-bond acceptors (Lipinski definition) is 4. The van der Waals surface area contributed by atoms with Crippen molar-refractivity contribution in [1.82, 2.24) is 9.29 Å². The van der Waals surface area contributed by atoms with Crippen LogP contribution < -0.4 is 9.60 Å². The second kappa shape index (κ2) is 7.22. The normalized spacial score (nSPS) is 13.2. The molecule has 0 radical (unpaired) electrons. The van der Waals surface area contributed by atoms with E-state index in [1.165, 1.54) is 5.56 Å². The maximum Gasteiger partial charge on any atom is 0.308 e. The van der Waals surface area contributed by atoms with Crippen molar-refractivity contribution < 1.29 is 8.42 Å². The van der Waals surface area contributed by atoms with Crippen molar-refractivity contribution in [3.8, 4) is 0 Å². The molecule has 1 aromatic heterocycles. The fourth-order valence-electron chi connectivity index (χ4n) is 3.33. The van der Waals surface area contributed by atoms with Gasteiger partial charge in [-0.25, -0.2) is 13.1 Å². The molecule has 0 spiro atoms. The summed E-state index contributed by atoms with van der Waals surface area (Å²) in [6.07, 6.45) is 0. The Hall–Kier alpha value is -1.96. The summed E-state index contributed by atoms with van der Waals surface area (Å²) in [4.78, 5) is 12.1. The molecule has 0 fully saturated rings. The molecule has 5 nitrogen and oxygen atoms in total. The molecule has 7 heteroatoms. The highest BCUT2D eigenvalue weighted by Gasteiger charge is 2.21. The lowest BCUT2D eigenvalue weighted by Crippen LogP contribution is -2.27. The second-order valence-electron chi connectivity index (χ2n) is 6.88. The minimum absolute atomic E-state index is 0.0749. The van der Waals surface area contributed by atoms with Crippen molar-refractivity contribution in [2.75, 3.05) is 0 Å². The molecule has 1 N–H and O–H groups in total. The van der Waals surface area contributed by atoms with E-state index < -0.39 is 10.0 Å². The standard InChI is InChI=1S/C20H24N2O3S2/c1-6-22-18-8-7-16(11-19(18)26-20(22)23)27(24,25)21-15(5)17-10-13(3)12(2)9-14(17)4/h7-11,15,21H,6H2,1-5H3. The fourth-order valence-corrected chi connectivity index (χ4v) is 5.64. The summed E-state index contributed by atoms with van der Waals surface area (Å²) in [6.45, 7) is 10.4. The summed E-state index contributed by atoms with van der Waals surface area (Å²) in [5.41, 5.74) is 5.11. The lowest BCUT2D eigenvalue weighted by Gasteiger charge is -2.18. The van der Waals surface area contributed by atoms with Gasteiger partial charge in [0, 0.05) is 12.6 Å². The van der Waals surface area contributed by atoms with Crippen molar-refractivity contribution in [3.05, 3.63) is 62.3 Å². The van der Waals surface area contributed by atoms with Crippen molar-refractivity contribution in [1.29, 1.82) is 0 Å². The van der Waals surface area contributed by atoms with Gasteiger partial charge in [-0.3, -0.25) is 9.36 Å². The molecule has 0 amide bonds. The molecule has 2 aromatic carbocycles. The number of fused-ring (bicyclic) bond motifs is 1. The van der Waals surface area contributed by atoms with Crippen LogP contribution in [0.1, 0.15) is 42.1 Å². The minimum atomic E-state index is -3.70. The third kappa shape index (κ3) is 3.72. The monoisotopic (exact) mass is 404 g/mol. The minimum Gasteiger partial charge on any atom is -0.299 e. The lowest BCUT2D eigenvalue weighted by atomic mass is 9.97. The molecule has 1 heterocycles. The van der Waals surface area contributed by atoms with Gasteiger partial charge < -0.3 is 0 Å². The van der Waals surface area contributed by atoms with E-state index in [-0.39, 0.29) is 15.8 Å². The first-order valence-electron chi connectivity index (χ1n) is 8.87. The Morgan fingerprint density at radius 2 is 1.74 bits per heavy atom. The smallest absolute Gasteiger partial charge is 0.299 e. The van der Waals surface area contributed by atoms with Crippen molar-refractivity contribution in [2.24, 2.45) is 0 Å². The molecule has 1 atom stereocenters. The molecule has 3 aromatic rings. The topological polar surface area (TPSA) is 68.2 Å². The molecular weight excluding hydrogens is 380 g/mol. The Labute approximate surface area is 163 Å². The molecule has 27 heavy (non-hydrogen) atoms. The maximum atomic E-state index is 12.9. The zero-order valence-corrected chi connectivity index (χ0v) is 17.8. The number of thiazole rings is 1. The van der Waals surface area contributed by atoms with Crippen molar-refractivity contribution in [2.45, 2.75) is 52.1 Å². The van der Waals surface area contributed by atoms with Gasteiger partial charge in [-0.15, -0.1) is 0 Å². The molecular formula is C20H24N2O3S2. The number of aryl methyl sites for hydroxylation is 4. The van der Waals surface area contributed by atoms with Crippen LogP contribution in [0.2, 0.25) is 0 Å². The first-order chi connectivity index (χ1) is 12.6. The largest absolute Gasteiger partial charge is 0.308 e. The summed E-state index contributed by atoms with van der Waals surface area (Å²) in [7, 11) is -3.70. The van der Waals surface area contributed by atoms with Crippen LogP contribution in [0.4, 0.5) is 0 Å². The lowest BCUT2D eigenvalue weighted by molar-refractivity contribution is 0.566. The highest BCUT2D eigenvalue weighted by atomic mass is 32.2. The average molecular weight is 405 g/mol. The number of rotatable bonds is 5. The Morgan fingerprint density at radius 1 is 1.07 bits per heavy atom. The van der Waals surface area contributed by atoms with Crippen LogP contribution in [-0.2, 0) is 16.6 Å². The molecule has 0 aliphatic carbocycles. The van der Waals surface area contributed by atoms with Gasteiger partial charge in [-0.1, -0.05) is 23.5 Å². The third-order valence-corrected chi connectivity index (χ3v) is 7.43. The van der Waals surface area contributed by atoms with Gasteiger partial charge in [0.2, 0.25) is 10.0 Å². The fraction of sp³-hybridized carbons (Fsp3) is 0.350. The van der Waals surface area contributed by atoms with Crippen molar-refractivity contribution >= 4 is 31.6 Å². The van der Waals surface area contributed by atoms with E-state index in [1.54, 1.807) is 22.8 Å². The molecule has 0 aliphatic heterocycles. The van der Waals surface area contributed by atoms with Gasteiger partial charge in [0.1, 0.15) is 0 Å². The van der Waals surface area contributed by atoms with Crippen LogP contribution in [-0.4, -0.2) is 13.0 Å². The van der Waals surface area contributed by atoms with E-state index in [0.717, 1.165) is 33.5 Å². The van der Waals surface area contributed by atoms with E-state index in [0.29, 0.717) is 11.2 Å². The van der Waals surface area contributed by atoms with Gasteiger partial charge in [0.25, 0.3) is 0 Å². The van der Waals surface area contributed by atoms with E-state index >= 15 is 0 Å². The van der Waals surface area contributed by atoms with Crippen LogP contribution in [0.5, 0.6) is 0 Å². The first kappa shape index (κ1) is 19.8. The molecule has 0 saturated heterocycles. The number of sulfonamides is 1. The van der Waals surface area contributed by atoms with E-state index in [9.17, 15) is 13.2 Å². The number of benzene rings is 2. The highest BCUT2D eigenvalue weighted by Crippen LogP contribution is 2.25. The molecule has 0 saturated carbocycles. The summed E-state index contributed by atoms with van der Waals surface area (Å²) >= 11 is 1.07. The number of nitrogens with zero attached hydrogens (tertiary/aromatic N) is 1. The number of aromatic nitrogens is 1. The summed E-state index contributed by atoms with van der Waals surface area (Å²) in [5, 5.41) is 0. The average Bonchev–Trinajstić information content (AvgIpc) is 2.91. The van der Waals surface area contributed by atoms with Gasteiger partial charge >= 0.3 is 4.87 Å². The molecule has 0 bridgehead atoms. The van der Waals surface area contributed by atoms with Crippen LogP contribution in [0.25, 0.3) is 10.2 Å². The van der Waals surface area contributed by atoms with Crippen LogP contribution in [0.3, 0.4) is 0 Å². The zero-order chi connectivity index (χ0) is 19.9. The van der Waals surface area contributed by atoms with Gasteiger partial charge in [-0.05, 0) is 75.1 Å².